The van der Waals surface area contributed by atoms with Crippen LogP contribution in [-0.4, -0.2) is 12.5 Å². The van der Waals surface area contributed by atoms with E-state index in [0.29, 0.717) is 30.6 Å². The number of fused-ring (bicyclic) bond motifs is 3. The third kappa shape index (κ3) is 4.07. The molecule has 3 aromatic rings. The van der Waals surface area contributed by atoms with Crippen molar-refractivity contribution in [1.82, 2.24) is 5.32 Å². The molecule has 1 aromatic heterocycles. The van der Waals surface area contributed by atoms with E-state index in [2.05, 4.69) is 17.6 Å². The first-order chi connectivity index (χ1) is 15.6. The lowest BCUT2D eigenvalue weighted by atomic mass is 9.88. The molecule has 32 heavy (non-hydrogen) atoms. The van der Waals surface area contributed by atoms with E-state index in [-0.39, 0.29) is 12.1 Å². The van der Waals surface area contributed by atoms with Gasteiger partial charge in [0.25, 0.3) is 5.91 Å². The van der Waals surface area contributed by atoms with Crippen molar-refractivity contribution in [3.05, 3.63) is 75.7 Å². The van der Waals surface area contributed by atoms with Crippen molar-refractivity contribution in [3.63, 3.8) is 0 Å². The van der Waals surface area contributed by atoms with Crippen molar-refractivity contribution >= 4 is 22.2 Å². The highest BCUT2D eigenvalue weighted by molar-refractivity contribution is 7.16. The fraction of sp³-hybridized carbons (Fsp3) is 0.346. The number of benzene rings is 2. The Balaban J connectivity index is 1.38. The minimum atomic E-state index is -0.296. The van der Waals surface area contributed by atoms with Crippen LogP contribution in [0.25, 0.3) is 0 Å². The van der Waals surface area contributed by atoms with Gasteiger partial charge in [0.05, 0.1) is 12.2 Å². The first kappa shape index (κ1) is 20.9. The van der Waals surface area contributed by atoms with Crippen LogP contribution in [0.4, 0.5) is 5.00 Å². The second kappa shape index (κ2) is 8.87. The Hall–Kier alpha value is -2.99. The molecule has 0 unspecified atom stereocenters. The fourth-order valence-corrected chi connectivity index (χ4v) is 5.89. The molecule has 0 bridgehead atoms. The third-order valence-corrected chi connectivity index (χ3v) is 7.31. The second-order valence-corrected chi connectivity index (χ2v) is 9.63. The summed E-state index contributed by atoms with van der Waals surface area (Å²) in [5, 5.41) is 7.68. The highest BCUT2D eigenvalue weighted by Crippen LogP contribution is 2.43. The van der Waals surface area contributed by atoms with E-state index in [0.717, 1.165) is 41.0 Å². The number of hydrogen-bond acceptors (Lipinski definition) is 5. The summed E-state index contributed by atoms with van der Waals surface area (Å²) in [7, 11) is 0. The Morgan fingerprint density at radius 3 is 2.72 bits per heavy atom. The maximum absolute atomic E-state index is 13.0. The third-order valence-electron chi connectivity index (χ3n) is 6.13. The van der Waals surface area contributed by atoms with Gasteiger partial charge in [0, 0.05) is 4.88 Å². The summed E-state index contributed by atoms with van der Waals surface area (Å²) in [5.41, 5.74) is 4.13. The smallest absolute Gasteiger partial charge is 0.256 e. The molecular weight excluding hydrogens is 420 g/mol. The van der Waals surface area contributed by atoms with Crippen LogP contribution in [0.2, 0.25) is 0 Å². The second-order valence-electron chi connectivity index (χ2n) is 8.52. The van der Waals surface area contributed by atoms with Gasteiger partial charge >= 0.3 is 0 Å². The van der Waals surface area contributed by atoms with Crippen molar-refractivity contribution in [2.45, 2.75) is 45.9 Å². The van der Waals surface area contributed by atoms with Crippen LogP contribution in [0.5, 0.6) is 11.5 Å². The minimum absolute atomic E-state index is 0.0122. The molecule has 5 nitrogen and oxygen atoms in total. The maximum atomic E-state index is 13.0. The summed E-state index contributed by atoms with van der Waals surface area (Å²) in [4.78, 5) is 14.4. The maximum Gasteiger partial charge on any atom is 0.256 e. The lowest BCUT2D eigenvalue weighted by Crippen LogP contribution is -2.38. The highest BCUT2D eigenvalue weighted by atomic mass is 32.1. The molecule has 0 fully saturated rings. The average molecular weight is 449 g/mol. The van der Waals surface area contributed by atoms with Crippen molar-refractivity contribution in [3.8, 4) is 11.5 Å². The van der Waals surface area contributed by atoms with E-state index in [1.165, 1.54) is 10.4 Å². The number of rotatable bonds is 6. The fourth-order valence-electron chi connectivity index (χ4n) is 4.46. The molecule has 0 saturated heterocycles. The predicted molar refractivity (Wildman–Crippen MR) is 128 cm³/mol. The Morgan fingerprint density at radius 2 is 1.91 bits per heavy atom. The Labute approximate surface area is 192 Å². The summed E-state index contributed by atoms with van der Waals surface area (Å²) in [6.07, 6.45) is 2.91. The zero-order valence-electron chi connectivity index (χ0n) is 18.4. The van der Waals surface area contributed by atoms with Crippen LogP contribution in [0.15, 0.2) is 48.5 Å². The molecule has 0 radical (unpaired) electrons. The van der Waals surface area contributed by atoms with Crippen molar-refractivity contribution in [2.24, 2.45) is 5.92 Å². The summed E-state index contributed by atoms with van der Waals surface area (Å²) in [6.45, 7) is 5.25. The molecule has 2 heterocycles. The van der Waals surface area contributed by atoms with Crippen LogP contribution < -0.4 is 20.1 Å². The number of carbonyl (C=O) groups excluding carboxylic acids is 1. The number of anilines is 1. The van der Waals surface area contributed by atoms with Gasteiger partial charge in [0.1, 0.15) is 17.8 Å². The summed E-state index contributed by atoms with van der Waals surface area (Å²) >= 11 is 1.74. The molecule has 0 spiro atoms. The zero-order chi connectivity index (χ0) is 22.1. The van der Waals surface area contributed by atoms with Gasteiger partial charge in [-0.1, -0.05) is 43.3 Å². The van der Waals surface area contributed by atoms with E-state index < -0.39 is 0 Å². The van der Waals surface area contributed by atoms with Crippen LogP contribution in [0, 0.1) is 5.92 Å². The molecule has 5 rings (SSSR count). The molecule has 0 saturated carbocycles. The Bertz CT molecular complexity index is 1130. The van der Waals surface area contributed by atoms with Gasteiger partial charge in [0.15, 0.2) is 11.5 Å². The summed E-state index contributed by atoms with van der Waals surface area (Å²) in [5.74, 6) is 2.07. The number of ether oxygens (including phenoxy) is 2. The number of hydrogen-bond donors (Lipinski definition) is 2. The predicted octanol–water partition coefficient (Wildman–Crippen LogP) is 5.70. The topological polar surface area (TPSA) is 59.6 Å². The van der Waals surface area contributed by atoms with Crippen molar-refractivity contribution in [1.29, 1.82) is 0 Å². The Kier molecular flexibility index (Phi) is 5.79. The molecule has 2 aromatic carbocycles. The van der Waals surface area contributed by atoms with Gasteiger partial charge in [-0.25, -0.2) is 0 Å². The molecular formula is C26H28N2O3S. The molecule has 6 heteroatoms. The number of nitrogens with one attached hydrogen (secondary N) is 2. The van der Waals surface area contributed by atoms with Crippen LogP contribution in [0.1, 0.15) is 58.4 Å². The van der Waals surface area contributed by atoms with Crippen LogP contribution in [0.3, 0.4) is 0 Å². The van der Waals surface area contributed by atoms with Gasteiger partial charge in [0.2, 0.25) is 0 Å². The zero-order valence-corrected chi connectivity index (χ0v) is 19.3. The first-order valence-electron chi connectivity index (χ1n) is 11.3. The number of carbonyl (C=O) groups is 1. The first-order valence-corrected chi connectivity index (χ1v) is 12.1. The van der Waals surface area contributed by atoms with E-state index in [4.69, 9.17) is 9.47 Å². The van der Waals surface area contributed by atoms with E-state index >= 15 is 0 Å². The van der Waals surface area contributed by atoms with E-state index in [9.17, 15) is 4.79 Å². The molecule has 2 atom stereocenters. The highest BCUT2D eigenvalue weighted by Gasteiger charge is 2.33. The molecule has 1 amide bonds. The quantitative estimate of drug-likeness (QED) is 0.507. The lowest BCUT2D eigenvalue weighted by Gasteiger charge is -2.27. The minimum Gasteiger partial charge on any atom is -0.490 e. The monoisotopic (exact) mass is 448 g/mol. The van der Waals surface area contributed by atoms with E-state index in [1.807, 2.05) is 55.5 Å². The summed E-state index contributed by atoms with van der Waals surface area (Å²) in [6, 6.07) is 15.9. The van der Waals surface area contributed by atoms with Crippen LogP contribution in [-0.2, 0) is 19.4 Å². The van der Waals surface area contributed by atoms with E-state index in [1.54, 1.807) is 11.3 Å². The molecule has 1 aliphatic carbocycles. The summed E-state index contributed by atoms with van der Waals surface area (Å²) < 4.78 is 11.9. The van der Waals surface area contributed by atoms with Crippen molar-refractivity contribution < 1.29 is 14.3 Å². The molecule has 1 aliphatic heterocycles. The Morgan fingerprint density at radius 1 is 1.06 bits per heavy atom. The van der Waals surface area contributed by atoms with Crippen molar-refractivity contribution in [2.75, 3.05) is 11.9 Å². The normalized spacial score (nSPS) is 19.4. The van der Waals surface area contributed by atoms with Gasteiger partial charge in [-0.3, -0.25) is 4.79 Å². The standard InChI is InChI=1S/C26H28N2O3S/c1-3-30-21-14-18(10-12-20(21)31-15-17-7-5-4-6-8-17)24-27-25(29)23-19-11-9-16(2)13-22(19)32-26(23)28-24/h4-8,10,12,14,16,24,28H,3,9,11,13,15H2,1-2H3,(H,27,29)/t16-,24+/m1/s1. The largest absolute Gasteiger partial charge is 0.490 e. The van der Waals surface area contributed by atoms with Gasteiger partial charge in [-0.15, -0.1) is 11.3 Å². The number of thiophene rings is 1. The lowest BCUT2D eigenvalue weighted by molar-refractivity contribution is 0.0935. The number of amides is 1. The molecule has 166 valence electrons. The van der Waals surface area contributed by atoms with Crippen LogP contribution >= 0.6 is 11.3 Å². The van der Waals surface area contributed by atoms with Gasteiger partial charge < -0.3 is 20.1 Å². The average Bonchev–Trinajstić information content (AvgIpc) is 3.17. The van der Waals surface area contributed by atoms with Gasteiger partial charge in [-0.2, -0.15) is 0 Å². The molecule has 2 N–H and O–H groups in total. The van der Waals surface area contributed by atoms with Gasteiger partial charge in [-0.05, 0) is 60.9 Å². The SMILES string of the molecule is CCOc1cc([C@H]2NC(=O)c3c(sc4c3CC[C@@H](C)C4)N2)ccc1OCc1ccccc1. The molecule has 2 aliphatic rings.